The summed E-state index contributed by atoms with van der Waals surface area (Å²) in [4.78, 5) is 20.1. The lowest BCUT2D eigenvalue weighted by atomic mass is 10.1. The maximum absolute atomic E-state index is 14.0. The van der Waals surface area contributed by atoms with Gasteiger partial charge in [-0.3, -0.25) is 9.79 Å². The van der Waals surface area contributed by atoms with Crippen LogP contribution in [0, 0.1) is 11.6 Å². The lowest BCUT2D eigenvalue weighted by Crippen LogP contribution is -2.52. The highest BCUT2D eigenvalue weighted by Crippen LogP contribution is 2.22. The van der Waals surface area contributed by atoms with Crippen molar-refractivity contribution in [1.29, 1.82) is 0 Å². The predicted octanol–water partition coefficient (Wildman–Crippen LogP) is 2.61. The molecule has 3 rings (SSSR count). The van der Waals surface area contributed by atoms with Crippen LogP contribution in [0.4, 0.5) is 14.5 Å². The molecule has 1 fully saturated rings. The number of hydrogen-bond acceptors (Lipinski definition) is 3. The van der Waals surface area contributed by atoms with Gasteiger partial charge in [0.05, 0.1) is 5.69 Å². The lowest BCUT2D eigenvalue weighted by molar-refractivity contribution is 0.0956. The van der Waals surface area contributed by atoms with Gasteiger partial charge < -0.3 is 20.4 Å². The fourth-order valence-corrected chi connectivity index (χ4v) is 3.44. The maximum Gasteiger partial charge on any atom is 0.251 e. The van der Waals surface area contributed by atoms with E-state index in [2.05, 4.69) is 20.5 Å². The summed E-state index contributed by atoms with van der Waals surface area (Å²) >= 11 is 0. The average Bonchev–Trinajstić information content (AvgIpc) is 2.77. The Bertz CT molecular complexity index is 893. The summed E-state index contributed by atoms with van der Waals surface area (Å²) < 4.78 is 27.5. The number of benzene rings is 2. The first-order chi connectivity index (χ1) is 14.5. The number of guanidine groups is 1. The quantitative estimate of drug-likeness (QED) is 0.582. The molecular formula is C22H27F2N5O. The lowest BCUT2D eigenvalue weighted by Gasteiger charge is -2.37. The van der Waals surface area contributed by atoms with E-state index in [1.165, 1.54) is 6.07 Å². The van der Waals surface area contributed by atoms with Crippen LogP contribution < -0.4 is 15.5 Å². The van der Waals surface area contributed by atoms with Gasteiger partial charge in [0.1, 0.15) is 11.6 Å². The summed E-state index contributed by atoms with van der Waals surface area (Å²) in [5.41, 5.74) is 1.96. The summed E-state index contributed by atoms with van der Waals surface area (Å²) in [6.07, 6.45) is 0. The molecular weight excluding hydrogens is 388 g/mol. The van der Waals surface area contributed by atoms with Crippen LogP contribution in [0.2, 0.25) is 0 Å². The Labute approximate surface area is 175 Å². The van der Waals surface area contributed by atoms with Gasteiger partial charge in [0, 0.05) is 57.9 Å². The maximum atomic E-state index is 14.0. The zero-order valence-corrected chi connectivity index (χ0v) is 17.3. The van der Waals surface area contributed by atoms with Crippen LogP contribution in [-0.4, -0.2) is 56.5 Å². The van der Waals surface area contributed by atoms with E-state index in [1.807, 2.05) is 24.0 Å². The monoisotopic (exact) mass is 415 g/mol. The normalized spacial score (nSPS) is 14.6. The first kappa shape index (κ1) is 21.5. The number of carbonyl (C=O) groups is 1. The van der Waals surface area contributed by atoms with Gasteiger partial charge in [-0.2, -0.15) is 0 Å². The molecule has 2 aromatic rings. The number of piperazine rings is 1. The van der Waals surface area contributed by atoms with Crippen molar-refractivity contribution in [3.63, 3.8) is 0 Å². The Morgan fingerprint density at radius 1 is 1.03 bits per heavy atom. The molecule has 2 aromatic carbocycles. The van der Waals surface area contributed by atoms with E-state index in [4.69, 9.17) is 0 Å². The number of halogens is 2. The molecule has 1 aliphatic heterocycles. The number of carbonyl (C=O) groups excluding carboxylic acids is 1. The molecule has 0 aromatic heterocycles. The third kappa shape index (κ3) is 5.25. The minimum absolute atomic E-state index is 0.0829. The number of aliphatic imine (C=N–C) groups is 1. The largest absolute Gasteiger partial charge is 0.366 e. The molecule has 1 saturated heterocycles. The van der Waals surface area contributed by atoms with E-state index < -0.39 is 11.6 Å². The summed E-state index contributed by atoms with van der Waals surface area (Å²) in [6.45, 7) is 5.48. The number of nitrogens with one attached hydrogen (secondary N) is 2. The Kier molecular flexibility index (Phi) is 7.21. The highest BCUT2D eigenvalue weighted by atomic mass is 19.1. The third-order valence-electron chi connectivity index (χ3n) is 5.04. The molecule has 0 unspecified atom stereocenters. The van der Waals surface area contributed by atoms with E-state index in [-0.39, 0.29) is 5.91 Å². The summed E-state index contributed by atoms with van der Waals surface area (Å²) in [7, 11) is 1.72. The fraction of sp³-hybridized carbons (Fsp3) is 0.364. The van der Waals surface area contributed by atoms with Gasteiger partial charge in [-0.05, 0) is 36.8 Å². The summed E-state index contributed by atoms with van der Waals surface area (Å²) in [5, 5.41) is 6.10. The standard InChI is InChI=1S/C22H27F2N5O/c1-3-26-21(30)17-6-4-16(5-7-17)15-27-22(25-2)29-12-10-28(11-13-29)20-14-18(23)8-9-19(20)24/h4-9,14H,3,10-13,15H2,1-2H3,(H,25,27)(H,26,30). The number of rotatable bonds is 5. The van der Waals surface area contributed by atoms with Gasteiger partial charge in [0.25, 0.3) is 5.91 Å². The molecule has 6 nitrogen and oxygen atoms in total. The van der Waals surface area contributed by atoms with Crippen molar-refractivity contribution in [2.24, 2.45) is 4.99 Å². The van der Waals surface area contributed by atoms with Crippen molar-refractivity contribution in [3.8, 4) is 0 Å². The molecule has 160 valence electrons. The fourth-order valence-electron chi connectivity index (χ4n) is 3.44. The van der Waals surface area contributed by atoms with Gasteiger partial charge in [-0.1, -0.05) is 12.1 Å². The summed E-state index contributed by atoms with van der Waals surface area (Å²) in [6, 6.07) is 11.0. The third-order valence-corrected chi connectivity index (χ3v) is 5.04. The molecule has 0 bridgehead atoms. The van der Waals surface area contributed by atoms with Crippen LogP contribution in [0.15, 0.2) is 47.5 Å². The van der Waals surface area contributed by atoms with E-state index in [0.717, 1.165) is 23.7 Å². The predicted molar refractivity (Wildman–Crippen MR) is 115 cm³/mol. The summed E-state index contributed by atoms with van der Waals surface area (Å²) in [5.74, 6) is -0.185. The van der Waals surface area contributed by atoms with Crippen LogP contribution in [0.3, 0.4) is 0 Å². The van der Waals surface area contributed by atoms with E-state index in [9.17, 15) is 13.6 Å². The first-order valence-electron chi connectivity index (χ1n) is 10.0. The van der Waals surface area contributed by atoms with Crippen LogP contribution in [0.1, 0.15) is 22.8 Å². The van der Waals surface area contributed by atoms with Crippen LogP contribution in [0.25, 0.3) is 0 Å². The average molecular weight is 415 g/mol. The minimum Gasteiger partial charge on any atom is -0.366 e. The molecule has 0 spiro atoms. The topological polar surface area (TPSA) is 60.0 Å². The molecule has 1 heterocycles. The van der Waals surface area contributed by atoms with Crippen LogP contribution in [0.5, 0.6) is 0 Å². The molecule has 2 N–H and O–H groups in total. The highest BCUT2D eigenvalue weighted by Gasteiger charge is 2.22. The smallest absolute Gasteiger partial charge is 0.251 e. The second kappa shape index (κ2) is 10.0. The minimum atomic E-state index is -0.440. The van der Waals surface area contributed by atoms with Gasteiger partial charge >= 0.3 is 0 Å². The second-order valence-electron chi connectivity index (χ2n) is 7.03. The van der Waals surface area contributed by atoms with Gasteiger partial charge in [0.15, 0.2) is 5.96 Å². The Hall–Kier alpha value is -3.16. The Morgan fingerprint density at radius 3 is 2.37 bits per heavy atom. The van der Waals surface area contributed by atoms with Gasteiger partial charge in [-0.25, -0.2) is 8.78 Å². The van der Waals surface area contributed by atoms with Crippen LogP contribution in [-0.2, 0) is 6.54 Å². The van der Waals surface area contributed by atoms with E-state index in [1.54, 1.807) is 19.2 Å². The second-order valence-corrected chi connectivity index (χ2v) is 7.03. The SMILES string of the molecule is CCNC(=O)c1ccc(CNC(=NC)N2CCN(c3cc(F)ccc3F)CC2)cc1. The van der Waals surface area contributed by atoms with Crippen molar-refractivity contribution in [3.05, 3.63) is 65.2 Å². The van der Waals surface area contributed by atoms with Crippen molar-refractivity contribution < 1.29 is 13.6 Å². The van der Waals surface area contributed by atoms with Crippen molar-refractivity contribution in [2.45, 2.75) is 13.5 Å². The molecule has 8 heteroatoms. The number of hydrogen-bond donors (Lipinski definition) is 2. The highest BCUT2D eigenvalue weighted by molar-refractivity contribution is 5.94. The molecule has 0 aliphatic carbocycles. The first-order valence-corrected chi connectivity index (χ1v) is 10.0. The zero-order chi connectivity index (χ0) is 21.5. The zero-order valence-electron chi connectivity index (χ0n) is 17.3. The van der Waals surface area contributed by atoms with Crippen LogP contribution >= 0.6 is 0 Å². The number of nitrogens with zero attached hydrogens (tertiary/aromatic N) is 3. The molecule has 0 atom stereocenters. The van der Waals surface area contributed by atoms with Gasteiger partial charge in [0.2, 0.25) is 0 Å². The Morgan fingerprint density at radius 2 is 1.73 bits per heavy atom. The number of anilines is 1. The van der Waals surface area contributed by atoms with Crippen molar-refractivity contribution in [2.75, 3.05) is 44.7 Å². The molecule has 1 amide bonds. The molecule has 1 aliphatic rings. The molecule has 30 heavy (non-hydrogen) atoms. The van der Waals surface area contributed by atoms with E-state index in [0.29, 0.717) is 50.5 Å². The van der Waals surface area contributed by atoms with Crippen molar-refractivity contribution in [1.82, 2.24) is 15.5 Å². The van der Waals surface area contributed by atoms with E-state index >= 15 is 0 Å². The molecule has 0 radical (unpaired) electrons. The van der Waals surface area contributed by atoms with Crippen molar-refractivity contribution >= 4 is 17.6 Å². The number of amides is 1. The molecule has 0 saturated carbocycles. The van der Waals surface area contributed by atoms with Gasteiger partial charge in [-0.15, -0.1) is 0 Å². The Balaban J connectivity index is 1.54.